The first-order valence-electron chi connectivity index (χ1n) is 6.88. The summed E-state index contributed by atoms with van der Waals surface area (Å²) < 4.78 is 18.8. The van der Waals surface area contributed by atoms with E-state index >= 15 is 0 Å². The molecule has 1 aromatic heterocycles. The van der Waals surface area contributed by atoms with Crippen molar-refractivity contribution in [2.45, 2.75) is 6.54 Å². The van der Waals surface area contributed by atoms with Crippen molar-refractivity contribution in [3.63, 3.8) is 0 Å². The first-order chi connectivity index (χ1) is 11.1. The number of carbonyl (C=O) groups excluding carboxylic acids is 1. The van der Waals surface area contributed by atoms with Crippen LogP contribution < -0.4 is 5.32 Å². The Morgan fingerprint density at radius 2 is 1.91 bits per heavy atom. The molecule has 3 rings (SSSR count). The lowest BCUT2D eigenvalue weighted by atomic mass is 10.1. The lowest BCUT2D eigenvalue weighted by Gasteiger charge is -2.03. The summed E-state index contributed by atoms with van der Waals surface area (Å²) in [5, 5.41) is 7.12. The third-order valence-corrected chi connectivity index (χ3v) is 3.49. The van der Waals surface area contributed by atoms with Crippen LogP contribution in [-0.2, 0) is 6.54 Å². The van der Waals surface area contributed by atoms with Gasteiger partial charge in [0.25, 0.3) is 5.91 Å². The summed E-state index contributed by atoms with van der Waals surface area (Å²) in [7, 11) is 0. The van der Waals surface area contributed by atoms with Crippen LogP contribution in [0.1, 0.15) is 16.1 Å². The molecular formula is C17H12ClFN2O2. The van der Waals surface area contributed by atoms with Gasteiger partial charge in [0.15, 0.2) is 5.76 Å². The highest BCUT2D eigenvalue weighted by Gasteiger charge is 2.12. The molecule has 2 aromatic carbocycles. The fraction of sp³-hybridized carbons (Fsp3) is 0.0588. The Bertz CT molecular complexity index is 831. The Hall–Kier alpha value is -2.66. The molecule has 0 aliphatic carbocycles. The number of carbonyl (C=O) groups is 1. The van der Waals surface area contributed by atoms with E-state index in [1.807, 2.05) is 12.1 Å². The molecule has 0 aliphatic rings. The van der Waals surface area contributed by atoms with Crippen molar-refractivity contribution in [2.24, 2.45) is 0 Å². The molecule has 0 unspecified atom stereocenters. The molecule has 0 aliphatic heterocycles. The molecule has 0 bridgehead atoms. The zero-order chi connectivity index (χ0) is 16.2. The van der Waals surface area contributed by atoms with Gasteiger partial charge in [-0.3, -0.25) is 4.79 Å². The van der Waals surface area contributed by atoms with E-state index in [4.69, 9.17) is 16.1 Å². The SMILES string of the molecule is O=C(NCc1cc(-c2ccc(Cl)cc2)on1)c1ccccc1F. The fourth-order valence-corrected chi connectivity index (χ4v) is 2.18. The summed E-state index contributed by atoms with van der Waals surface area (Å²) in [6.45, 7) is 0.143. The second kappa shape index (κ2) is 6.62. The van der Waals surface area contributed by atoms with Gasteiger partial charge in [0.1, 0.15) is 11.5 Å². The van der Waals surface area contributed by atoms with Gasteiger partial charge < -0.3 is 9.84 Å². The average Bonchev–Trinajstić information content (AvgIpc) is 3.03. The lowest BCUT2D eigenvalue weighted by Crippen LogP contribution is -2.23. The number of aromatic nitrogens is 1. The van der Waals surface area contributed by atoms with Crippen LogP contribution >= 0.6 is 11.6 Å². The quantitative estimate of drug-likeness (QED) is 0.784. The molecule has 23 heavy (non-hydrogen) atoms. The molecule has 0 fully saturated rings. The predicted octanol–water partition coefficient (Wildman–Crippen LogP) is 4.06. The van der Waals surface area contributed by atoms with E-state index in [9.17, 15) is 9.18 Å². The number of nitrogens with one attached hydrogen (secondary N) is 1. The van der Waals surface area contributed by atoms with Crippen LogP contribution in [0.2, 0.25) is 5.02 Å². The molecule has 116 valence electrons. The highest BCUT2D eigenvalue weighted by atomic mass is 35.5. The van der Waals surface area contributed by atoms with Crippen LogP contribution in [-0.4, -0.2) is 11.1 Å². The predicted molar refractivity (Wildman–Crippen MR) is 84.5 cm³/mol. The summed E-state index contributed by atoms with van der Waals surface area (Å²) in [6.07, 6.45) is 0. The van der Waals surface area contributed by atoms with Crippen molar-refractivity contribution >= 4 is 17.5 Å². The third-order valence-electron chi connectivity index (χ3n) is 3.24. The van der Waals surface area contributed by atoms with Gasteiger partial charge in [-0.2, -0.15) is 0 Å². The highest BCUT2D eigenvalue weighted by molar-refractivity contribution is 6.30. The zero-order valence-electron chi connectivity index (χ0n) is 11.9. The first kappa shape index (κ1) is 15.2. The van der Waals surface area contributed by atoms with Gasteiger partial charge in [-0.15, -0.1) is 0 Å². The Morgan fingerprint density at radius 1 is 1.17 bits per heavy atom. The van der Waals surface area contributed by atoms with E-state index in [0.717, 1.165) is 5.56 Å². The smallest absolute Gasteiger partial charge is 0.254 e. The van der Waals surface area contributed by atoms with Crippen LogP contribution in [0.3, 0.4) is 0 Å². The summed E-state index contributed by atoms with van der Waals surface area (Å²) >= 11 is 5.84. The summed E-state index contributed by atoms with van der Waals surface area (Å²) in [5.74, 6) is -0.497. The van der Waals surface area contributed by atoms with Gasteiger partial charge in [0, 0.05) is 16.7 Å². The van der Waals surface area contributed by atoms with Crippen molar-refractivity contribution < 1.29 is 13.7 Å². The van der Waals surface area contributed by atoms with Gasteiger partial charge in [-0.1, -0.05) is 28.9 Å². The summed E-state index contributed by atoms with van der Waals surface area (Å²) in [6, 6.07) is 14.6. The maximum Gasteiger partial charge on any atom is 0.254 e. The van der Waals surface area contributed by atoms with Gasteiger partial charge >= 0.3 is 0 Å². The van der Waals surface area contributed by atoms with E-state index in [0.29, 0.717) is 16.5 Å². The molecule has 1 heterocycles. The molecule has 4 nitrogen and oxygen atoms in total. The number of hydrogen-bond acceptors (Lipinski definition) is 3. The molecule has 0 radical (unpaired) electrons. The Balaban J connectivity index is 1.67. The van der Waals surface area contributed by atoms with Gasteiger partial charge in [0.05, 0.1) is 12.1 Å². The number of amides is 1. The number of hydrogen-bond donors (Lipinski definition) is 1. The number of benzene rings is 2. The van der Waals surface area contributed by atoms with Crippen LogP contribution in [0.15, 0.2) is 59.1 Å². The second-order valence-corrected chi connectivity index (χ2v) is 5.29. The summed E-state index contributed by atoms with van der Waals surface area (Å²) in [5.41, 5.74) is 1.36. The molecule has 0 saturated carbocycles. The Morgan fingerprint density at radius 3 is 2.65 bits per heavy atom. The number of halogens is 2. The van der Waals surface area contributed by atoms with Gasteiger partial charge in [0.2, 0.25) is 0 Å². The van der Waals surface area contributed by atoms with Crippen molar-refractivity contribution in [3.8, 4) is 11.3 Å². The zero-order valence-corrected chi connectivity index (χ0v) is 12.7. The lowest BCUT2D eigenvalue weighted by molar-refractivity contribution is 0.0946. The maximum absolute atomic E-state index is 13.5. The van der Waals surface area contributed by atoms with E-state index in [1.165, 1.54) is 18.2 Å². The molecule has 0 atom stereocenters. The molecule has 1 amide bonds. The molecular weight excluding hydrogens is 319 g/mol. The molecule has 3 aromatic rings. The molecule has 6 heteroatoms. The van der Waals surface area contributed by atoms with Crippen LogP contribution in [0.5, 0.6) is 0 Å². The minimum absolute atomic E-state index is 0.00563. The van der Waals surface area contributed by atoms with Crippen molar-refractivity contribution in [3.05, 3.63) is 76.7 Å². The number of nitrogens with zero attached hydrogens (tertiary/aromatic N) is 1. The topological polar surface area (TPSA) is 55.1 Å². The maximum atomic E-state index is 13.5. The first-order valence-corrected chi connectivity index (χ1v) is 7.25. The molecule has 0 spiro atoms. The minimum Gasteiger partial charge on any atom is -0.356 e. The van der Waals surface area contributed by atoms with Crippen molar-refractivity contribution in [1.29, 1.82) is 0 Å². The highest BCUT2D eigenvalue weighted by Crippen LogP contribution is 2.22. The minimum atomic E-state index is -0.563. The van der Waals surface area contributed by atoms with E-state index < -0.39 is 11.7 Å². The Kier molecular flexibility index (Phi) is 4.39. The largest absolute Gasteiger partial charge is 0.356 e. The van der Waals surface area contributed by atoms with Crippen molar-refractivity contribution in [2.75, 3.05) is 0 Å². The van der Waals surface area contributed by atoms with E-state index in [2.05, 4.69) is 10.5 Å². The number of rotatable bonds is 4. The van der Waals surface area contributed by atoms with E-state index in [-0.39, 0.29) is 12.1 Å². The fourth-order valence-electron chi connectivity index (χ4n) is 2.06. The second-order valence-electron chi connectivity index (χ2n) is 4.85. The monoisotopic (exact) mass is 330 g/mol. The van der Waals surface area contributed by atoms with Gasteiger partial charge in [-0.25, -0.2) is 4.39 Å². The van der Waals surface area contributed by atoms with Crippen molar-refractivity contribution in [1.82, 2.24) is 10.5 Å². The van der Waals surface area contributed by atoms with Crippen LogP contribution in [0.4, 0.5) is 4.39 Å². The van der Waals surface area contributed by atoms with Crippen LogP contribution in [0, 0.1) is 5.82 Å². The normalized spacial score (nSPS) is 10.5. The molecule has 1 N–H and O–H groups in total. The van der Waals surface area contributed by atoms with E-state index in [1.54, 1.807) is 24.3 Å². The molecule has 0 saturated heterocycles. The standard InChI is InChI=1S/C17H12ClFN2O2/c18-12-7-5-11(6-8-12)16-9-13(21-23-16)10-20-17(22)14-3-1-2-4-15(14)19/h1-9H,10H2,(H,20,22). The third kappa shape index (κ3) is 3.57. The van der Waals surface area contributed by atoms with Crippen LogP contribution in [0.25, 0.3) is 11.3 Å². The Labute approximate surface area is 136 Å². The average molecular weight is 331 g/mol. The summed E-state index contributed by atoms with van der Waals surface area (Å²) in [4.78, 5) is 11.9. The van der Waals surface area contributed by atoms with Gasteiger partial charge in [-0.05, 0) is 36.4 Å².